The highest BCUT2D eigenvalue weighted by atomic mass is 14.4. The van der Waals surface area contributed by atoms with Crippen LogP contribution in [0.2, 0.25) is 0 Å². The van der Waals surface area contributed by atoms with Gasteiger partial charge in [-0.05, 0) is 138 Å². The van der Waals surface area contributed by atoms with Crippen molar-refractivity contribution in [3.63, 3.8) is 0 Å². The first-order valence-electron chi connectivity index (χ1n) is 20.1. The second-order valence-corrected chi connectivity index (χ2v) is 16.4. The maximum absolute atomic E-state index is 2.50. The highest BCUT2D eigenvalue weighted by Crippen LogP contribution is 2.55. The van der Waals surface area contributed by atoms with E-state index in [0.29, 0.717) is 0 Å². The zero-order chi connectivity index (χ0) is 37.8. The summed E-state index contributed by atoms with van der Waals surface area (Å²) in [6.45, 7) is 4.76. The molecule has 11 aromatic rings. The molecule has 1 aliphatic rings. The first-order chi connectivity index (χ1) is 28.0. The molecule has 0 spiro atoms. The van der Waals surface area contributed by atoms with Gasteiger partial charge in [0, 0.05) is 5.41 Å². The maximum Gasteiger partial charge on any atom is 0.0159 e. The first-order valence-corrected chi connectivity index (χ1v) is 20.1. The lowest BCUT2D eigenvalue weighted by atomic mass is 9.80. The van der Waals surface area contributed by atoms with Crippen molar-refractivity contribution in [1.82, 2.24) is 0 Å². The van der Waals surface area contributed by atoms with Gasteiger partial charge in [-0.3, -0.25) is 0 Å². The van der Waals surface area contributed by atoms with E-state index in [1.807, 2.05) is 0 Å². The third-order valence-electron chi connectivity index (χ3n) is 13.0. The summed E-state index contributed by atoms with van der Waals surface area (Å²) in [6.07, 6.45) is 0. The molecule has 57 heavy (non-hydrogen) atoms. The van der Waals surface area contributed by atoms with Crippen LogP contribution < -0.4 is 0 Å². The minimum absolute atomic E-state index is 0.0986. The molecule has 0 unspecified atom stereocenters. The molecular weight excluding hydrogens is 685 g/mol. The highest BCUT2D eigenvalue weighted by Gasteiger charge is 2.37. The number of fused-ring (bicyclic) bond motifs is 10. The molecule has 0 saturated heterocycles. The van der Waals surface area contributed by atoms with Crippen LogP contribution in [0.25, 0.3) is 109 Å². The molecule has 0 bridgehead atoms. The van der Waals surface area contributed by atoms with Crippen molar-refractivity contribution < 1.29 is 0 Å². The number of benzene rings is 11. The van der Waals surface area contributed by atoms with E-state index >= 15 is 0 Å². The summed E-state index contributed by atoms with van der Waals surface area (Å²) in [5.41, 5.74) is 13.0. The van der Waals surface area contributed by atoms with Crippen LogP contribution in [0, 0.1) is 0 Å². The van der Waals surface area contributed by atoms with Gasteiger partial charge >= 0.3 is 0 Å². The zero-order valence-electron chi connectivity index (χ0n) is 32.0. The summed E-state index contributed by atoms with van der Waals surface area (Å²) >= 11 is 0. The molecule has 0 heteroatoms. The van der Waals surface area contributed by atoms with Crippen molar-refractivity contribution in [2.45, 2.75) is 19.3 Å². The lowest BCUT2D eigenvalue weighted by Crippen LogP contribution is -2.14. The number of hydrogen-bond donors (Lipinski definition) is 0. The Hall–Kier alpha value is -7.02. The fourth-order valence-electron chi connectivity index (χ4n) is 10.4. The molecule has 0 nitrogen and oxygen atoms in total. The van der Waals surface area contributed by atoms with Gasteiger partial charge in [0.1, 0.15) is 0 Å². The predicted molar refractivity (Wildman–Crippen MR) is 245 cm³/mol. The average Bonchev–Trinajstić information content (AvgIpc) is 3.50. The molecule has 0 aliphatic heterocycles. The third-order valence-corrected chi connectivity index (χ3v) is 13.0. The standard InChI is InChI=1S/C57H38/c1-57(2)52-26-10-9-21-48(52)56-49(25-13-27-53(56)57)55-46-20-8-7-19-45(46)54(44-24-11-17-35-14-5-6-18-40(35)44)47-31-29-39(34-51(47)55)41-22-12-23-42-43(41)30-28-38-32-36-15-3-4-16-37(36)33-50(38)42/h3-34H,1-2H3. The normalized spacial score (nSPS) is 13.2. The molecule has 0 amide bonds. The monoisotopic (exact) mass is 722 g/mol. The Kier molecular flexibility index (Phi) is 6.78. The van der Waals surface area contributed by atoms with Gasteiger partial charge in [0.15, 0.2) is 0 Å². The fraction of sp³-hybridized carbons (Fsp3) is 0.0526. The Bertz CT molecular complexity index is 3480. The molecule has 266 valence electrons. The SMILES string of the molecule is CC1(C)c2ccccc2-c2c(-c3c4ccccc4c(-c4cccc5ccccc45)c4ccc(-c5cccc6c5ccc5cc7ccccc7cc56)cc34)cccc21. The molecule has 12 rings (SSSR count). The minimum atomic E-state index is -0.0986. The van der Waals surface area contributed by atoms with Crippen molar-refractivity contribution >= 4 is 64.6 Å². The lowest BCUT2D eigenvalue weighted by molar-refractivity contribution is 0.660. The van der Waals surface area contributed by atoms with Crippen LogP contribution in [-0.4, -0.2) is 0 Å². The van der Waals surface area contributed by atoms with Gasteiger partial charge in [-0.15, -0.1) is 0 Å². The van der Waals surface area contributed by atoms with Crippen molar-refractivity contribution in [2.75, 3.05) is 0 Å². The summed E-state index contributed by atoms with van der Waals surface area (Å²) in [4.78, 5) is 0. The van der Waals surface area contributed by atoms with Crippen LogP contribution in [0.1, 0.15) is 25.0 Å². The van der Waals surface area contributed by atoms with Gasteiger partial charge < -0.3 is 0 Å². The molecule has 0 N–H and O–H groups in total. The Labute approximate surface area is 332 Å². The second-order valence-electron chi connectivity index (χ2n) is 16.4. The molecular formula is C57H38. The predicted octanol–water partition coefficient (Wildman–Crippen LogP) is 15.9. The smallest absolute Gasteiger partial charge is 0.0159 e. The van der Waals surface area contributed by atoms with Crippen molar-refractivity contribution in [3.8, 4) is 44.5 Å². The topological polar surface area (TPSA) is 0 Å². The van der Waals surface area contributed by atoms with Gasteiger partial charge in [-0.25, -0.2) is 0 Å². The van der Waals surface area contributed by atoms with Gasteiger partial charge in [-0.2, -0.15) is 0 Å². The first kappa shape index (κ1) is 32.2. The Morgan fingerprint density at radius 3 is 1.65 bits per heavy atom. The quantitative estimate of drug-likeness (QED) is 0.126. The van der Waals surface area contributed by atoms with Crippen LogP contribution in [-0.2, 0) is 5.41 Å². The molecule has 0 atom stereocenters. The van der Waals surface area contributed by atoms with E-state index < -0.39 is 0 Å². The van der Waals surface area contributed by atoms with Crippen LogP contribution in [0.3, 0.4) is 0 Å². The van der Waals surface area contributed by atoms with Gasteiger partial charge in [0.05, 0.1) is 0 Å². The number of hydrogen-bond acceptors (Lipinski definition) is 0. The molecule has 0 aromatic heterocycles. The lowest BCUT2D eigenvalue weighted by Gasteiger charge is -2.23. The van der Waals surface area contributed by atoms with Gasteiger partial charge in [-0.1, -0.05) is 190 Å². The fourth-order valence-corrected chi connectivity index (χ4v) is 10.4. The summed E-state index contributed by atoms with van der Waals surface area (Å²) in [7, 11) is 0. The molecule has 0 saturated carbocycles. The Morgan fingerprint density at radius 1 is 0.263 bits per heavy atom. The highest BCUT2D eigenvalue weighted by molar-refractivity contribution is 6.25. The molecule has 11 aromatic carbocycles. The van der Waals surface area contributed by atoms with Crippen LogP contribution >= 0.6 is 0 Å². The summed E-state index contributed by atoms with van der Waals surface area (Å²) < 4.78 is 0. The van der Waals surface area contributed by atoms with Crippen LogP contribution in [0.5, 0.6) is 0 Å². The Morgan fingerprint density at radius 2 is 0.807 bits per heavy atom. The van der Waals surface area contributed by atoms with Crippen molar-refractivity contribution in [3.05, 3.63) is 205 Å². The van der Waals surface area contributed by atoms with Crippen molar-refractivity contribution in [2.24, 2.45) is 0 Å². The van der Waals surface area contributed by atoms with Crippen LogP contribution in [0.15, 0.2) is 194 Å². The molecule has 0 radical (unpaired) electrons. The van der Waals surface area contributed by atoms with Crippen LogP contribution in [0.4, 0.5) is 0 Å². The van der Waals surface area contributed by atoms with E-state index in [2.05, 4.69) is 208 Å². The van der Waals surface area contributed by atoms with E-state index in [9.17, 15) is 0 Å². The average molecular weight is 723 g/mol. The maximum atomic E-state index is 2.50. The summed E-state index contributed by atoms with van der Waals surface area (Å²) in [5.74, 6) is 0. The third kappa shape index (κ3) is 4.62. The number of rotatable bonds is 3. The van der Waals surface area contributed by atoms with E-state index in [4.69, 9.17) is 0 Å². The summed E-state index contributed by atoms with van der Waals surface area (Å²) in [6, 6.07) is 72.9. The zero-order valence-corrected chi connectivity index (χ0v) is 32.0. The molecule has 0 fully saturated rings. The molecule has 0 heterocycles. The van der Waals surface area contributed by atoms with E-state index in [0.717, 1.165) is 0 Å². The van der Waals surface area contributed by atoms with E-state index in [1.165, 1.54) is 120 Å². The van der Waals surface area contributed by atoms with Gasteiger partial charge in [0.25, 0.3) is 0 Å². The minimum Gasteiger partial charge on any atom is -0.0619 e. The van der Waals surface area contributed by atoms with Gasteiger partial charge in [0.2, 0.25) is 0 Å². The molecule has 1 aliphatic carbocycles. The largest absolute Gasteiger partial charge is 0.0619 e. The van der Waals surface area contributed by atoms with Crippen molar-refractivity contribution in [1.29, 1.82) is 0 Å². The second kappa shape index (κ2) is 12.0. The summed E-state index contributed by atoms with van der Waals surface area (Å²) in [5, 5.41) is 15.3. The van der Waals surface area contributed by atoms with E-state index in [1.54, 1.807) is 0 Å². The van der Waals surface area contributed by atoms with E-state index in [-0.39, 0.29) is 5.41 Å². The Balaban J connectivity index is 1.21.